The Labute approximate surface area is 84.2 Å². The van der Waals surface area contributed by atoms with E-state index in [4.69, 9.17) is 0 Å². The lowest BCUT2D eigenvalue weighted by molar-refractivity contribution is -0.115. The largest absolute Gasteiger partial charge is 0.295 e. The van der Waals surface area contributed by atoms with E-state index in [1.807, 2.05) is 41.5 Å². The first-order valence-electron chi connectivity index (χ1n) is 5.55. The first-order valence-corrected chi connectivity index (χ1v) is 5.55. The van der Waals surface area contributed by atoms with E-state index in [0.29, 0.717) is 0 Å². The molecule has 0 N–H and O–H groups in total. The second kappa shape index (κ2) is 17.5. The van der Waals surface area contributed by atoms with E-state index < -0.39 is 0 Å². The van der Waals surface area contributed by atoms with Crippen LogP contribution >= 0.6 is 0 Å². The molecule has 1 aliphatic carbocycles. The SMILES string of the molecule is CC.CC.CC.CCC1=CC(=O)C1. The number of carbonyl (C=O) groups is 1. The molecule has 0 aromatic heterocycles. The fraction of sp³-hybridized carbons (Fsp3) is 0.750. The summed E-state index contributed by atoms with van der Waals surface area (Å²) in [5, 5.41) is 0. The van der Waals surface area contributed by atoms with Crippen molar-refractivity contribution in [2.45, 2.75) is 61.3 Å². The molecule has 0 heterocycles. The van der Waals surface area contributed by atoms with Crippen molar-refractivity contribution < 1.29 is 4.79 Å². The molecule has 13 heavy (non-hydrogen) atoms. The van der Waals surface area contributed by atoms with Crippen LogP contribution in [0.4, 0.5) is 0 Å². The van der Waals surface area contributed by atoms with Crippen molar-refractivity contribution in [2.24, 2.45) is 0 Å². The van der Waals surface area contributed by atoms with Crippen LogP contribution in [-0.2, 0) is 4.79 Å². The van der Waals surface area contributed by atoms with Gasteiger partial charge in [0.2, 0.25) is 0 Å². The quantitative estimate of drug-likeness (QED) is 0.594. The van der Waals surface area contributed by atoms with Gasteiger partial charge in [-0.15, -0.1) is 0 Å². The minimum Gasteiger partial charge on any atom is -0.295 e. The van der Waals surface area contributed by atoms with Gasteiger partial charge in [-0.25, -0.2) is 0 Å². The van der Waals surface area contributed by atoms with Gasteiger partial charge in [0.1, 0.15) is 0 Å². The lowest BCUT2D eigenvalue weighted by atomic mass is 9.96. The number of carbonyl (C=O) groups excluding carboxylic acids is 1. The Morgan fingerprint density at radius 2 is 1.38 bits per heavy atom. The highest BCUT2D eigenvalue weighted by molar-refractivity contribution is 5.98. The molecule has 80 valence electrons. The number of hydrogen-bond acceptors (Lipinski definition) is 1. The van der Waals surface area contributed by atoms with E-state index in [2.05, 4.69) is 6.92 Å². The van der Waals surface area contributed by atoms with E-state index in [1.54, 1.807) is 6.08 Å². The summed E-state index contributed by atoms with van der Waals surface area (Å²) in [7, 11) is 0. The zero-order valence-electron chi connectivity index (χ0n) is 10.4. The fourth-order valence-electron chi connectivity index (χ4n) is 0.649. The standard InChI is InChI=1S/C6H8O.3C2H6/c1-2-5-3-6(7)4-5;3*1-2/h3H,2,4H2,1H3;3*1-2H3. The summed E-state index contributed by atoms with van der Waals surface area (Å²) in [5.74, 6) is 0.289. The van der Waals surface area contributed by atoms with Crippen molar-refractivity contribution in [1.29, 1.82) is 0 Å². The van der Waals surface area contributed by atoms with Gasteiger partial charge in [0.15, 0.2) is 5.78 Å². The number of allylic oxidation sites excluding steroid dienone is 2. The highest BCUT2D eigenvalue weighted by atomic mass is 16.1. The van der Waals surface area contributed by atoms with Gasteiger partial charge in [-0.1, -0.05) is 54.0 Å². The molecule has 0 saturated heterocycles. The van der Waals surface area contributed by atoms with Crippen molar-refractivity contribution in [2.75, 3.05) is 0 Å². The van der Waals surface area contributed by atoms with Gasteiger partial charge in [-0.3, -0.25) is 4.79 Å². The average Bonchev–Trinajstić information content (AvgIpc) is 2.22. The smallest absolute Gasteiger partial charge is 0.159 e. The van der Waals surface area contributed by atoms with Crippen LogP contribution in [0.1, 0.15) is 61.3 Å². The van der Waals surface area contributed by atoms with Crippen molar-refractivity contribution in [3.63, 3.8) is 0 Å². The molecule has 1 heteroatoms. The van der Waals surface area contributed by atoms with E-state index >= 15 is 0 Å². The number of ketones is 1. The molecule has 1 nitrogen and oxygen atoms in total. The normalized spacial score (nSPS) is 11.3. The fourth-order valence-corrected chi connectivity index (χ4v) is 0.649. The molecule has 0 saturated carbocycles. The lowest BCUT2D eigenvalue weighted by Crippen LogP contribution is -2.06. The van der Waals surface area contributed by atoms with Crippen LogP contribution in [0, 0.1) is 0 Å². The van der Waals surface area contributed by atoms with Crippen LogP contribution in [0.2, 0.25) is 0 Å². The van der Waals surface area contributed by atoms with E-state index in [9.17, 15) is 4.79 Å². The maximum absolute atomic E-state index is 10.2. The van der Waals surface area contributed by atoms with Crippen molar-refractivity contribution in [3.05, 3.63) is 11.6 Å². The molecule has 0 unspecified atom stereocenters. The Morgan fingerprint density at radius 3 is 1.46 bits per heavy atom. The summed E-state index contributed by atoms with van der Waals surface area (Å²) in [6, 6.07) is 0. The molecule has 0 amide bonds. The molecule has 0 fully saturated rings. The maximum atomic E-state index is 10.2. The topological polar surface area (TPSA) is 17.1 Å². The van der Waals surface area contributed by atoms with Gasteiger partial charge in [0.25, 0.3) is 0 Å². The summed E-state index contributed by atoms with van der Waals surface area (Å²) in [5.41, 5.74) is 1.30. The minimum absolute atomic E-state index is 0.289. The van der Waals surface area contributed by atoms with Crippen LogP contribution in [0.25, 0.3) is 0 Å². The van der Waals surface area contributed by atoms with E-state index in [1.165, 1.54) is 5.57 Å². The van der Waals surface area contributed by atoms with Crippen LogP contribution in [0.3, 0.4) is 0 Å². The molecule has 0 radical (unpaired) electrons. The van der Waals surface area contributed by atoms with Gasteiger partial charge < -0.3 is 0 Å². The Kier molecular flexibility index (Phi) is 24.5. The molecule has 0 aliphatic heterocycles. The molecule has 1 rings (SSSR count). The van der Waals surface area contributed by atoms with Crippen LogP contribution in [-0.4, -0.2) is 5.78 Å². The molecule has 0 bridgehead atoms. The van der Waals surface area contributed by atoms with E-state index in [0.717, 1.165) is 12.8 Å². The molecule has 0 aromatic carbocycles. The Hall–Kier alpha value is -0.590. The van der Waals surface area contributed by atoms with Gasteiger partial charge >= 0.3 is 0 Å². The Morgan fingerprint density at radius 1 is 1.08 bits per heavy atom. The lowest BCUT2D eigenvalue weighted by Gasteiger charge is -2.08. The minimum atomic E-state index is 0.289. The number of rotatable bonds is 1. The molecular formula is C12H26O. The second-order valence-electron chi connectivity index (χ2n) is 1.80. The Bertz CT molecular complexity index is 123. The first kappa shape index (κ1) is 18.2. The highest BCUT2D eigenvalue weighted by Gasteiger charge is 2.11. The molecule has 0 spiro atoms. The zero-order chi connectivity index (χ0) is 11.3. The molecule has 0 aromatic rings. The first-order chi connectivity index (χ1) is 6.33. The third-order valence-electron chi connectivity index (χ3n) is 1.22. The van der Waals surface area contributed by atoms with Crippen LogP contribution in [0.5, 0.6) is 0 Å². The summed E-state index contributed by atoms with van der Waals surface area (Å²) in [6.45, 7) is 14.1. The molecular weight excluding hydrogens is 160 g/mol. The third kappa shape index (κ3) is 11.4. The van der Waals surface area contributed by atoms with E-state index in [-0.39, 0.29) is 5.78 Å². The third-order valence-corrected chi connectivity index (χ3v) is 1.22. The van der Waals surface area contributed by atoms with Gasteiger partial charge in [-0.05, 0) is 12.5 Å². The average molecular weight is 186 g/mol. The predicted octanol–water partition coefficient (Wildman–Crippen LogP) is 4.37. The molecule has 1 aliphatic rings. The van der Waals surface area contributed by atoms with Gasteiger partial charge in [-0.2, -0.15) is 0 Å². The maximum Gasteiger partial charge on any atom is 0.159 e. The summed E-state index contributed by atoms with van der Waals surface area (Å²) < 4.78 is 0. The van der Waals surface area contributed by atoms with Crippen LogP contribution in [0.15, 0.2) is 11.6 Å². The van der Waals surface area contributed by atoms with Crippen molar-refractivity contribution in [1.82, 2.24) is 0 Å². The monoisotopic (exact) mass is 186 g/mol. The number of hydrogen-bond donors (Lipinski definition) is 0. The second-order valence-corrected chi connectivity index (χ2v) is 1.80. The Balaban J connectivity index is -0.000000144. The van der Waals surface area contributed by atoms with Crippen LogP contribution < -0.4 is 0 Å². The molecule has 0 atom stereocenters. The summed E-state index contributed by atoms with van der Waals surface area (Å²) >= 11 is 0. The summed E-state index contributed by atoms with van der Waals surface area (Å²) in [6.07, 6.45) is 3.49. The highest BCUT2D eigenvalue weighted by Crippen LogP contribution is 2.16. The van der Waals surface area contributed by atoms with Crippen molar-refractivity contribution >= 4 is 5.78 Å². The zero-order valence-corrected chi connectivity index (χ0v) is 10.4. The van der Waals surface area contributed by atoms with Gasteiger partial charge in [0.05, 0.1) is 0 Å². The van der Waals surface area contributed by atoms with Gasteiger partial charge in [0, 0.05) is 6.42 Å². The predicted molar refractivity (Wildman–Crippen MR) is 62.0 cm³/mol. The summed E-state index contributed by atoms with van der Waals surface area (Å²) in [4.78, 5) is 10.2. The van der Waals surface area contributed by atoms with Crippen molar-refractivity contribution in [3.8, 4) is 0 Å².